The molecule has 0 spiro atoms. The van der Waals surface area contributed by atoms with Crippen LogP contribution in [0.5, 0.6) is 0 Å². The van der Waals surface area contributed by atoms with Crippen molar-refractivity contribution in [3.05, 3.63) is 11.7 Å². The van der Waals surface area contributed by atoms with E-state index in [1.165, 1.54) is 0 Å². The van der Waals surface area contributed by atoms with Crippen molar-refractivity contribution in [2.45, 2.75) is 25.8 Å². The number of nitrogens with one attached hydrogen (secondary N) is 1. The molecule has 2 rings (SSSR count). The Bertz CT molecular complexity index is 281. The molecule has 1 atom stereocenters. The fourth-order valence-corrected chi connectivity index (χ4v) is 1.46. The second kappa shape index (κ2) is 4.52. The maximum Gasteiger partial charge on any atom is 0.226 e. The Morgan fingerprint density at radius 2 is 2.50 bits per heavy atom. The highest BCUT2D eigenvalue weighted by molar-refractivity contribution is 4.95. The van der Waals surface area contributed by atoms with Crippen LogP contribution in [0.1, 0.15) is 31.1 Å². The lowest BCUT2D eigenvalue weighted by molar-refractivity contribution is 0.0734. The second-order valence-corrected chi connectivity index (χ2v) is 3.38. The van der Waals surface area contributed by atoms with Gasteiger partial charge in [-0.15, -0.1) is 0 Å². The van der Waals surface area contributed by atoms with Gasteiger partial charge in [0, 0.05) is 13.0 Å². The summed E-state index contributed by atoms with van der Waals surface area (Å²) in [5.74, 6) is 1.43. The van der Waals surface area contributed by atoms with Crippen LogP contribution in [0.2, 0.25) is 0 Å². The molecule has 0 unspecified atom stereocenters. The predicted octanol–water partition coefficient (Wildman–Crippen LogP) is 0.683. The number of hydrogen-bond donors (Lipinski definition) is 1. The van der Waals surface area contributed by atoms with Gasteiger partial charge in [-0.1, -0.05) is 12.1 Å². The summed E-state index contributed by atoms with van der Waals surface area (Å²) in [5.41, 5.74) is 0. The number of hydrogen-bond acceptors (Lipinski definition) is 5. The fraction of sp³-hybridized carbons (Fsp3) is 0.778. The zero-order valence-corrected chi connectivity index (χ0v) is 8.32. The highest BCUT2D eigenvalue weighted by atomic mass is 16.5. The van der Waals surface area contributed by atoms with E-state index in [1.54, 1.807) is 0 Å². The molecule has 1 aromatic heterocycles. The van der Waals surface area contributed by atoms with E-state index in [-0.39, 0.29) is 6.04 Å². The molecule has 0 saturated carbocycles. The minimum Gasteiger partial charge on any atom is -0.378 e. The lowest BCUT2D eigenvalue weighted by Gasteiger charge is -2.20. The lowest BCUT2D eigenvalue weighted by Crippen LogP contribution is -2.35. The molecule has 1 saturated heterocycles. The number of aryl methyl sites for hydroxylation is 1. The molecule has 1 aliphatic heterocycles. The van der Waals surface area contributed by atoms with E-state index < -0.39 is 0 Å². The zero-order valence-electron chi connectivity index (χ0n) is 8.32. The highest BCUT2D eigenvalue weighted by Gasteiger charge is 2.20. The summed E-state index contributed by atoms with van der Waals surface area (Å²) in [6.07, 6.45) is 1.87. The SMILES string of the molecule is CCCc1nc([C@@H]2COCCN2)no1. The summed E-state index contributed by atoms with van der Waals surface area (Å²) in [4.78, 5) is 4.30. The first-order chi connectivity index (χ1) is 6.90. The third-order valence-corrected chi connectivity index (χ3v) is 2.18. The second-order valence-electron chi connectivity index (χ2n) is 3.38. The van der Waals surface area contributed by atoms with Crippen LogP contribution in [0.25, 0.3) is 0 Å². The molecule has 14 heavy (non-hydrogen) atoms. The first kappa shape index (κ1) is 9.61. The first-order valence-corrected chi connectivity index (χ1v) is 5.03. The van der Waals surface area contributed by atoms with Crippen LogP contribution in [-0.2, 0) is 11.2 Å². The summed E-state index contributed by atoms with van der Waals surface area (Å²) >= 11 is 0. The smallest absolute Gasteiger partial charge is 0.226 e. The monoisotopic (exact) mass is 197 g/mol. The normalized spacial score (nSPS) is 22.5. The highest BCUT2D eigenvalue weighted by Crippen LogP contribution is 2.12. The van der Waals surface area contributed by atoms with E-state index in [1.807, 2.05) is 0 Å². The molecule has 0 radical (unpaired) electrons. The van der Waals surface area contributed by atoms with Crippen LogP contribution < -0.4 is 5.32 Å². The van der Waals surface area contributed by atoms with Gasteiger partial charge in [0.05, 0.1) is 19.3 Å². The molecule has 1 N–H and O–H groups in total. The predicted molar refractivity (Wildman–Crippen MR) is 49.9 cm³/mol. The van der Waals surface area contributed by atoms with E-state index in [9.17, 15) is 0 Å². The lowest BCUT2D eigenvalue weighted by atomic mass is 10.2. The largest absolute Gasteiger partial charge is 0.378 e. The fourth-order valence-electron chi connectivity index (χ4n) is 1.46. The van der Waals surface area contributed by atoms with Gasteiger partial charge in [-0.3, -0.25) is 0 Å². The quantitative estimate of drug-likeness (QED) is 0.772. The van der Waals surface area contributed by atoms with Crippen molar-refractivity contribution >= 4 is 0 Å². The van der Waals surface area contributed by atoms with Gasteiger partial charge in [0.15, 0.2) is 5.82 Å². The van der Waals surface area contributed by atoms with Crippen LogP contribution in [0.4, 0.5) is 0 Å². The number of ether oxygens (including phenoxy) is 1. The Kier molecular flexibility index (Phi) is 3.10. The Morgan fingerprint density at radius 3 is 3.21 bits per heavy atom. The average molecular weight is 197 g/mol. The molecule has 78 valence electrons. The van der Waals surface area contributed by atoms with Crippen molar-refractivity contribution in [2.24, 2.45) is 0 Å². The minimum atomic E-state index is 0.0955. The van der Waals surface area contributed by atoms with Crippen molar-refractivity contribution in [3.8, 4) is 0 Å². The van der Waals surface area contributed by atoms with Gasteiger partial charge in [-0.25, -0.2) is 0 Å². The van der Waals surface area contributed by atoms with Crippen LogP contribution in [0, 0.1) is 0 Å². The molecule has 1 aromatic rings. The van der Waals surface area contributed by atoms with Gasteiger partial charge in [0.1, 0.15) is 0 Å². The first-order valence-electron chi connectivity index (χ1n) is 5.03. The Balaban J connectivity index is 2.00. The Labute approximate surface area is 82.8 Å². The van der Waals surface area contributed by atoms with E-state index in [0.717, 1.165) is 31.9 Å². The molecule has 0 amide bonds. The topological polar surface area (TPSA) is 60.2 Å². The molecule has 5 nitrogen and oxygen atoms in total. The van der Waals surface area contributed by atoms with Crippen molar-refractivity contribution in [1.82, 2.24) is 15.5 Å². The van der Waals surface area contributed by atoms with Gasteiger partial charge >= 0.3 is 0 Å². The molecule has 1 fully saturated rings. The van der Waals surface area contributed by atoms with E-state index in [0.29, 0.717) is 12.4 Å². The molecular formula is C9H15N3O2. The molecule has 0 aromatic carbocycles. The summed E-state index contributed by atoms with van der Waals surface area (Å²) in [6, 6.07) is 0.0955. The molecule has 2 heterocycles. The summed E-state index contributed by atoms with van der Waals surface area (Å²) < 4.78 is 10.4. The third kappa shape index (κ3) is 2.10. The van der Waals surface area contributed by atoms with E-state index >= 15 is 0 Å². The average Bonchev–Trinajstić information content (AvgIpc) is 2.68. The van der Waals surface area contributed by atoms with Gasteiger partial charge in [-0.05, 0) is 6.42 Å². The van der Waals surface area contributed by atoms with Gasteiger partial charge in [-0.2, -0.15) is 4.98 Å². The van der Waals surface area contributed by atoms with Crippen LogP contribution >= 0.6 is 0 Å². The Hall–Kier alpha value is -0.940. The van der Waals surface area contributed by atoms with Crippen molar-refractivity contribution < 1.29 is 9.26 Å². The molecule has 1 aliphatic rings. The number of nitrogens with zero attached hydrogens (tertiary/aromatic N) is 2. The van der Waals surface area contributed by atoms with Crippen molar-refractivity contribution in [3.63, 3.8) is 0 Å². The van der Waals surface area contributed by atoms with Gasteiger partial charge in [0.2, 0.25) is 5.89 Å². The van der Waals surface area contributed by atoms with Crippen LogP contribution in [0.15, 0.2) is 4.52 Å². The number of aromatic nitrogens is 2. The summed E-state index contributed by atoms with van der Waals surface area (Å²) in [7, 11) is 0. The van der Waals surface area contributed by atoms with Gasteiger partial charge in [0.25, 0.3) is 0 Å². The van der Waals surface area contributed by atoms with Gasteiger partial charge < -0.3 is 14.6 Å². The zero-order chi connectivity index (χ0) is 9.80. The maximum absolute atomic E-state index is 5.32. The standard InChI is InChI=1S/C9H15N3O2/c1-2-3-8-11-9(12-14-8)7-6-13-5-4-10-7/h7,10H,2-6H2,1H3/t7-/m0/s1. The number of rotatable bonds is 3. The van der Waals surface area contributed by atoms with E-state index in [4.69, 9.17) is 9.26 Å². The van der Waals surface area contributed by atoms with Crippen molar-refractivity contribution in [1.29, 1.82) is 0 Å². The molecule has 5 heteroatoms. The summed E-state index contributed by atoms with van der Waals surface area (Å²) in [6.45, 7) is 4.33. The minimum absolute atomic E-state index is 0.0955. The van der Waals surface area contributed by atoms with Crippen LogP contribution in [-0.4, -0.2) is 29.9 Å². The maximum atomic E-state index is 5.32. The molecule has 0 bridgehead atoms. The third-order valence-electron chi connectivity index (χ3n) is 2.18. The van der Waals surface area contributed by atoms with Crippen molar-refractivity contribution in [2.75, 3.05) is 19.8 Å². The molecular weight excluding hydrogens is 182 g/mol. The van der Waals surface area contributed by atoms with E-state index in [2.05, 4.69) is 22.4 Å². The van der Waals surface area contributed by atoms with Crippen LogP contribution in [0.3, 0.4) is 0 Å². The number of morpholine rings is 1. The summed E-state index contributed by atoms with van der Waals surface area (Å²) in [5, 5.41) is 7.21. The Morgan fingerprint density at radius 1 is 1.57 bits per heavy atom. The molecule has 0 aliphatic carbocycles.